The van der Waals surface area contributed by atoms with E-state index >= 15 is 0 Å². The quantitative estimate of drug-likeness (QED) is 0.641. The van der Waals surface area contributed by atoms with Crippen LogP contribution in [0.25, 0.3) is 0 Å². The van der Waals surface area contributed by atoms with Gasteiger partial charge in [-0.1, -0.05) is 6.08 Å². The Balaban J connectivity index is 2.57. The van der Waals surface area contributed by atoms with E-state index in [1.807, 2.05) is 0 Å². The Morgan fingerprint density at radius 2 is 2.17 bits per heavy atom. The molecule has 12 heavy (non-hydrogen) atoms. The minimum Gasteiger partial charge on any atom is -0.272 e. The maximum absolute atomic E-state index is 11.7. The number of nitrogens with zero attached hydrogens (tertiary/aromatic N) is 1. The number of alkyl halides is 3. The fourth-order valence-corrected chi connectivity index (χ4v) is 1.17. The highest BCUT2D eigenvalue weighted by Gasteiger charge is 2.30. The molecule has 1 heterocycles. The number of rotatable bonds is 1. The van der Waals surface area contributed by atoms with Crippen molar-refractivity contribution in [3.05, 3.63) is 11.0 Å². The molecule has 0 bridgehead atoms. The van der Waals surface area contributed by atoms with Crippen molar-refractivity contribution in [2.45, 2.75) is 11.9 Å². The smallest absolute Gasteiger partial charge is 0.272 e. The summed E-state index contributed by atoms with van der Waals surface area (Å²) in [5, 5.41) is 0. The maximum Gasteiger partial charge on any atom is 0.446 e. The van der Waals surface area contributed by atoms with Crippen molar-refractivity contribution in [3.63, 3.8) is 0 Å². The van der Waals surface area contributed by atoms with Crippen LogP contribution in [0.5, 0.6) is 0 Å². The Bertz CT molecular complexity index is 256. The summed E-state index contributed by atoms with van der Waals surface area (Å²) in [6.07, 6.45) is 2.10. The van der Waals surface area contributed by atoms with E-state index in [9.17, 15) is 18.0 Å². The summed E-state index contributed by atoms with van der Waals surface area (Å²) in [5.74, 6) is -0.415. The summed E-state index contributed by atoms with van der Waals surface area (Å²) in [4.78, 5) is 13.7. The highest BCUT2D eigenvalue weighted by atomic mass is 32.2. The van der Waals surface area contributed by atoms with Crippen molar-refractivity contribution in [1.29, 1.82) is 0 Å². The molecule has 1 aliphatic rings. The average Bonchev–Trinajstić information content (AvgIpc) is 1.91. The summed E-state index contributed by atoms with van der Waals surface area (Å²) in [5.41, 5.74) is -4.31. The number of thioether (sulfide) groups is 1. The fraction of sp³-hybridized carbons (Fsp3) is 0.333. The second kappa shape index (κ2) is 3.30. The van der Waals surface area contributed by atoms with Crippen molar-refractivity contribution in [2.24, 2.45) is 4.99 Å². The summed E-state index contributed by atoms with van der Waals surface area (Å²) < 4.78 is 35.1. The number of hydrogen-bond acceptors (Lipinski definition) is 2. The molecular formula is C6H4F3NOS. The van der Waals surface area contributed by atoms with Crippen molar-refractivity contribution in [1.82, 2.24) is 0 Å². The summed E-state index contributed by atoms with van der Waals surface area (Å²) in [6.45, 7) is 0. The van der Waals surface area contributed by atoms with E-state index in [1.54, 1.807) is 0 Å². The molecule has 0 aromatic rings. The van der Waals surface area contributed by atoms with Crippen LogP contribution in [-0.2, 0) is 4.79 Å². The Hall–Kier alpha value is -0.780. The number of halogens is 3. The Labute approximate surface area is 70.5 Å². The summed E-state index contributed by atoms with van der Waals surface area (Å²) in [6, 6.07) is 0. The van der Waals surface area contributed by atoms with E-state index in [0.717, 1.165) is 6.21 Å². The molecule has 0 fully saturated rings. The van der Waals surface area contributed by atoms with Crippen LogP contribution in [0.15, 0.2) is 16.0 Å². The molecule has 0 aromatic heterocycles. The third-order valence-electron chi connectivity index (χ3n) is 1.05. The molecule has 1 aliphatic heterocycles. The van der Waals surface area contributed by atoms with Gasteiger partial charge in [-0.2, -0.15) is 13.2 Å². The van der Waals surface area contributed by atoms with Gasteiger partial charge in [0.1, 0.15) is 0 Å². The predicted octanol–water partition coefficient (Wildman–Crippen LogP) is 2.12. The van der Waals surface area contributed by atoms with Crippen molar-refractivity contribution >= 4 is 23.9 Å². The van der Waals surface area contributed by atoms with E-state index < -0.39 is 11.4 Å². The second-order valence-corrected chi connectivity index (χ2v) is 3.15. The molecule has 0 unspecified atom stereocenters. The van der Waals surface area contributed by atoms with Crippen molar-refractivity contribution in [2.75, 3.05) is 0 Å². The van der Waals surface area contributed by atoms with Crippen LogP contribution in [-0.4, -0.2) is 17.6 Å². The largest absolute Gasteiger partial charge is 0.446 e. The van der Waals surface area contributed by atoms with Crippen LogP contribution in [0.4, 0.5) is 13.2 Å². The number of hydrogen-bond donors (Lipinski definition) is 0. The Morgan fingerprint density at radius 3 is 2.58 bits per heavy atom. The lowest BCUT2D eigenvalue weighted by Crippen LogP contribution is -2.05. The molecule has 0 aliphatic carbocycles. The van der Waals surface area contributed by atoms with Gasteiger partial charge in [-0.25, -0.2) is 4.99 Å². The van der Waals surface area contributed by atoms with Gasteiger partial charge >= 0.3 is 5.51 Å². The number of aliphatic imine (C=N–C) groups is 1. The number of allylic oxidation sites excluding steroid dienone is 1. The zero-order valence-corrected chi connectivity index (χ0v) is 6.58. The van der Waals surface area contributed by atoms with Crippen LogP contribution in [0.3, 0.4) is 0 Å². The lowest BCUT2D eigenvalue weighted by molar-refractivity contribution is -0.117. The van der Waals surface area contributed by atoms with E-state index in [2.05, 4.69) is 4.99 Å². The lowest BCUT2D eigenvalue weighted by atomic mass is 10.3. The SMILES string of the molecule is O=C1CC=C(SC(F)(F)F)C=N1. The predicted molar refractivity (Wildman–Crippen MR) is 39.8 cm³/mol. The first kappa shape index (κ1) is 9.31. The maximum atomic E-state index is 11.7. The Morgan fingerprint density at radius 1 is 1.50 bits per heavy atom. The molecule has 0 atom stereocenters. The minimum atomic E-state index is -4.31. The van der Waals surface area contributed by atoms with Gasteiger partial charge < -0.3 is 0 Å². The highest BCUT2D eigenvalue weighted by Crippen LogP contribution is 2.36. The van der Waals surface area contributed by atoms with Crippen molar-refractivity contribution in [3.8, 4) is 0 Å². The van der Waals surface area contributed by atoms with E-state index in [1.165, 1.54) is 6.08 Å². The van der Waals surface area contributed by atoms with Gasteiger partial charge in [0, 0.05) is 17.5 Å². The van der Waals surface area contributed by atoms with Crippen molar-refractivity contribution < 1.29 is 18.0 Å². The van der Waals surface area contributed by atoms with Crippen LogP contribution in [0, 0.1) is 0 Å². The molecule has 0 N–H and O–H groups in total. The molecule has 66 valence electrons. The fourth-order valence-electron chi connectivity index (χ4n) is 0.631. The molecule has 0 radical (unpaired) electrons. The lowest BCUT2D eigenvalue weighted by Gasteiger charge is -2.07. The Kier molecular flexibility index (Phi) is 2.56. The van der Waals surface area contributed by atoms with Gasteiger partial charge in [-0.15, -0.1) is 0 Å². The normalized spacial score (nSPS) is 17.9. The second-order valence-electron chi connectivity index (χ2n) is 2.01. The molecule has 1 rings (SSSR count). The van der Waals surface area contributed by atoms with Gasteiger partial charge in [-0.05, 0) is 11.8 Å². The monoisotopic (exact) mass is 195 g/mol. The number of carbonyl (C=O) groups excluding carboxylic acids is 1. The number of dihydropyridines is 1. The van der Waals surface area contributed by atoms with Gasteiger partial charge in [0.15, 0.2) is 0 Å². The first-order valence-electron chi connectivity index (χ1n) is 3.00. The number of amides is 1. The average molecular weight is 195 g/mol. The third kappa shape index (κ3) is 3.08. The molecule has 2 nitrogen and oxygen atoms in total. The first-order valence-corrected chi connectivity index (χ1v) is 3.82. The number of carbonyl (C=O) groups is 1. The highest BCUT2D eigenvalue weighted by molar-refractivity contribution is 8.04. The summed E-state index contributed by atoms with van der Waals surface area (Å²) in [7, 11) is 0. The molecule has 0 aromatic carbocycles. The zero-order valence-electron chi connectivity index (χ0n) is 5.76. The third-order valence-corrected chi connectivity index (χ3v) is 1.79. The van der Waals surface area contributed by atoms with E-state index in [4.69, 9.17) is 0 Å². The van der Waals surface area contributed by atoms with Gasteiger partial charge in [0.2, 0.25) is 5.91 Å². The molecular weight excluding hydrogens is 191 g/mol. The van der Waals surface area contributed by atoms with Crippen LogP contribution in [0.1, 0.15) is 6.42 Å². The first-order chi connectivity index (χ1) is 5.47. The van der Waals surface area contributed by atoms with Gasteiger partial charge in [0.25, 0.3) is 0 Å². The molecule has 0 saturated carbocycles. The molecule has 0 saturated heterocycles. The van der Waals surface area contributed by atoms with Gasteiger partial charge in [0.05, 0.1) is 0 Å². The van der Waals surface area contributed by atoms with Gasteiger partial charge in [-0.3, -0.25) is 4.79 Å². The van der Waals surface area contributed by atoms with Crippen LogP contribution in [0.2, 0.25) is 0 Å². The standard InChI is InChI=1S/C6H4F3NOS/c7-6(8,9)12-4-1-2-5(11)10-3-4/h1,3H,2H2. The molecule has 0 spiro atoms. The molecule has 6 heteroatoms. The van der Waals surface area contributed by atoms with Crippen LogP contribution < -0.4 is 0 Å². The molecule has 1 amide bonds. The summed E-state index contributed by atoms with van der Waals surface area (Å²) >= 11 is -0.261. The zero-order chi connectivity index (χ0) is 9.19. The van der Waals surface area contributed by atoms with Crippen LogP contribution >= 0.6 is 11.8 Å². The van der Waals surface area contributed by atoms with E-state index in [-0.39, 0.29) is 23.1 Å². The van der Waals surface area contributed by atoms with E-state index in [0.29, 0.717) is 0 Å². The minimum absolute atomic E-state index is 0.0258. The topological polar surface area (TPSA) is 29.4 Å².